The van der Waals surface area contributed by atoms with Crippen LogP contribution in [0.1, 0.15) is 60.9 Å². The number of hydrogen-bond donors (Lipinski definition) is 1. The highest BCUT2D eigenvalue weighted by molar-refractivity contribution is 5.70. The van der Waals surface area contributed by atoms with Crippen molar-refractivity contribution in [3.63, 3.8) is 0 Å². The minimum absolute atomic E-state index is 0.225. The van der Waals surface area contributed by atoms with Crippen molar-refractivity contribution in [3.05, 3.63) is 70.8 Å². The zero-order chi connectivity index (χ0) is 21.2. The van der Waals surface area contributed by atoms with Gasteiger partial charge in [-0.3, -0.25) is 9.69 Å². The third-order valence-corrected chi connectivity index (χ3v) is 5.72. The first-order chi connectivity index (χ1) is 13.6. The molecule has 0 aromatic heterocycles. The summed E-state index contributed by atoms with van der Waals surface area (Å²) in [6.45, 7) is 5.49. The molecule has 1 heterocycles. The second-order valence-corrected chi connectivity index (χ2v) is 8.06. The van der Waals surface area contributed by atoms with Crippen molar-refractivity contribution in [2.24, 2.45) is 5.92 Å². The standard InChI is InChI=1S/C23H26F3NO2/c1-15(2)17-5-3-16(4-6-17)14-27-12-11-19(22(28)29)13-21(27)18-7-9-20(10-8-18)23(24,25)26/h3-10,15,19,21H,11-14H2,1-2H3,(H,28,29)/t19-,21+/m0/s1. The average molecular weight is 405 g/mol. The molecule has 6 heteroatoms. The zero-order valence-corrected chi connectivity index (χ0v) is 16.6. The molecule has 2 aromatic carbocycles. The van der Waals surface area contributed by atoms with Gasteiger partial charge in [0.15, 0.2) is 0 Å². The van der Waals surface area contributed by atoms with Crippen LogP contribution in [0.2, 0.25) is 0 Å². The van der Waals surface area contributed by atoms with Crippen molar-refractivity contribution >= 4 is 5.97 Å². The lowest BCUT2D eigenvalue weighted by Gasteiger charge is -2.38. The maximum Gasteiger partial charge on any atom is 0.416 e. The highest BCUT2D eigenvalue weighted by atomic mass is 19.4. The summed E-state index contributed by atoms with van der Waals surface area (Å²) in [5.74, 6) is -0.889. The number of alkyl halides is 3. The molecule has 0 unspecified atom stereocenters. The second-order valence-electron chi connectivity index (χ2n) is 8.06. The summed E-state index contributed by atoms with van der Waals surface area (Å²) in [5.41, 5.74) is 2.39. The first kappa shape index (κ1) is 21.4. The lowest BCUT2D eigenvalue weighted by atomic mass is 9.86. The van der Waals surface area contributed by atoms with Crippen molar-refractivity contribution in [2.75, 3.05) is 6.54 Å². The van der Waals surface area contributed by atoms with Gasteiger partial charge in [0, 0.05) is 12.6 Å². The van der Waals surface area contributed by atoms with Crippen LogP contribution in [0, 0.1) is 5.92 Å². The number of halogens is 3. The molecule has 0 saturated carbocycles. The fourth-order valence-electron chi connectivity index (χ4n) is 3.91. The van der Waals surface area contributed by atoms with E-state index in [4.69, 9.17) is 0 Å². The fourth-order valence-corrected chi connectivity index (χ4v) is 3.91. The van der Waals surface area contributed by atoms with Gasteiger partial charge in [-0.15, -0.1) is 0 Å². The fraction of sp³-hybridized carbons (Fsp3) is 0.435. The average Bonchev–Trinajstić information content (AvgIpc) is 2.68. The summed E-state index contributed by atoms with van der Waals surface area (Å²) in [4.78, 5) is 13.7. The summed E-state index contributed by atoms with van der Waals surface area (Å²) in [5, 5.41) is 9.44. The molecule has 0 bridgehead atoms. The normalized spacial score (nSPS) is 20.8. The molecule has 156 valence electrons. The number of hydrogen-bond acceptors (Lipinski definition) is 2. The summed E-state index contributed by atoms with van der Waals surface area (Å²) in [7, 11) is 0. The van der Waals surface area contributed by atoms with Gasteiger partial charge in [-0.25, -0.2) is 0 Å². The summed E-state index contributed by atoms with van der Waals surface area (Å²) < 4.78 is 38.7. The third kappa shape index (κ3) is 5.18. The number of nitrogens with zero attached hydrogens (tertiary/aromatic N) is 1. The summed E-state index contributed by atoms with van der Waals surface area (Å²) in [6.07, 6.45) is -3.45. The number of carboxylic acids is 1. The van der Waals surface area contributed by atoms with E-state index in [-0.39, 0.29) is 6.04 Å². The molecular weight excluding hydrogens is 379 g/mol. The first-order valence-corrected chi connectivity index (χ1v) is 9.88. The Kier molecular flexibility index (Phi) is 6.32. The molecule has 1 aliphatic heterocycles. The van der Waals surface area contributed by atoms with E-state index in [0.717, 1.165) is 23.3 Å². The van der Waals surface area contributed by atoms with Crippen LogP contribution in [-0.2, 0) is 17.5 Å². The van der Waals surface area contributed by atoms with Crippen molar-refractivity contribution in [3.8, 4) is 0 Å². The number of likely N-dealkylation sites (tertiary alicyclic amines) is 1. The molecule has 3 rings (SSSR count). The highest BCUT2D eigenvalue weighted by Gasteiger charge is 2.34. The largest absolute Gasteiger partial charge is 0.481 e. The Bertz CT molecular complexity index is 829. The van der Waals surface area contributed by atoms with Crippen molar-refractivity contribution < 1.29 is 23.1 Å². The predicted molar refractivity (Wildman–Crippen MR) is 105 cm³/mol. The van der Waals surface area contributed by atoms with E-state index in [2.05, 4.69) is 43.0 Å². The van der Waals surface area contributed by atoms with Crippen molar-refractivity contribution in [1.82, 2.24) is 4.90 Å². The predicted octanol–water partition coefficient (Wildman–Crippen LogP) is 5.87. The van der Waals surface area contributed by atoms with E-state index in [0.29, 0.717) is 31.8 Å². The molecule has 2 aromatic rings. The zero-order valence-electron chi connectivity index (χ0n) is 16.6. The van der Waals surface area contributed by atoms with Crippen LogP contribution in [0.25, 0.3) is 0 Å². The topological polar surface area (TPSA) is 40.5 Å². The Morgan fingerprint density at radius 1 is 1.10 bits per heavy atom. The number of carbonyl (C=O) groups is 1. The molecule has 0 spiro atoms. The number of piperidine rings is 1. The van der Waals surface area contributed by atoms with E-state index in [1.165, 1.54) is 17.7 Å². The van der Waals surface area contributed by atoms with Gasteiger partial charge in [-0.05, 0) is 54.1 Å². The van der Waals surface area contributed by atoms with Gasteiger partial charge in [0.2, 0.25) is 0 Å². The van der Waals surface area contributed by atoms with Gasteiger partial charge in [0.25, 0.3) is 0 Å². The van der Waals surface area contributed by atoms with Crippen molar-refractivity contribution in [1.29, 1.82) is 0 Å². The van der Waals surface area contributed by atoms with Crippen LogP contribution in [-0.4, -0.2) is 22.5 Å². The Hall–Kier alpha value is -2.34. The molecule has 29 heavy (non-hydrogen) atoms. The molecule has 0 amide bonds. The Morgan fingerprint density at radius 3 is 2.24 bits per heavy atom. The number of benzene rings is 2. The Balaban J connectivity index is 1.83. The van der Waals surface area contributed by atoms with Crippen LogP contribution in [0.3, 0.4) is 0 Å². The molecule has 3 nitrogen and oxygen atoms in total. The van der Waals surface area contributed by atoms with Gasteiger partial charge >= 0.3 is 12.1 Å². The molecule has 0 aliphatic carbocycles. The molecule has 1 N–H and O–H groups in total. The van der Waals surface area contributed by atoms with E-state index in [1.807, 2.05) is 0 Å². The van der Waals surface area contributed by atoms with Gasteiger partial charge in [0.05, 0.1) is 11.5 Å². The van der Waals surface area contributed by atoms with E-state index in [9.17, 15) is 23.1 Å². The van der Waals surface area contributed by atoms with Gasteiger partial charge < -0.3 is 5.11 Å². The minimum Gasteiger partial charge on any atom is -0.481 e. The molecular formula is C23H26F3NO2. The Morgan fingerprint density at radius 2 is 1.72 bits per heavy atom. The number of carboxylic acid groups (broad SMARTS) is 1. The molecule has 1 aliphatic rings. The maximum atomic E-state index is 12.9. The van der Waals surface area contributed by atoms with Crippen LogP contribution in [0.15, 0.2) is 48.5 Å². The smallest absolute Gasteiger partial charge is 0.416 e. The molecule has 1 fully saturated rings. The lowest BCUT2D eigenvalue weighted by Crippen LogP contribution is -2.38. The lowest BCUT2D eigenvalue weighted by molar-refractivity contribution is -0.144. The SMILES string of the molecule is CC(C)c1ccc(CN2CC[C@H](C(=O)O)C[C@@H]2c2ccc(C(F)(F)F)cc2)cc1. The van der Waals surface area contributed by atoms with Gasteiger partial charge in [-0.1, -0.05) is 50.2 Å². The highest BCUT2D eigenvalue weighted by Crippen LogP contribution is 2.37. The third-order valence-electron chi connectivity index (χ3n) is 5.72. The number of aliphatic carboxylic acids is 1. The van der Waals surface area contributed by atoms with E-state index >= 15 is 0 Å². The monoisotopic (exact) mass is 405 g/mol. The quantitative estimate of drug-likeness (QED) is 0.677. The Labute approximate surface area is 169 Å². The van der Waals surface area contributed by atoms with Crippen LogP contribution in [0.4, 0.5) is 13.2 Å². The molecule has 1 saturated heterocycles. The van der Waals surface area contributed by atoms with Gasteiger partial charge in [0.1, 0.15) is 0 Å². The summed E-state index contributed by atoms with van der Waals surface area (Å²) in [6, 6.07) is 13.2. The van der Waals surface area contributed by atoms with Crippen LogP contribution >= 0.6 is 0 Å². The molecule has 2 atom stereocenters. The van der Waals surface area contributed by atoms with E-state index < -0.39 is 23.6 Å². The van der Waals surface area contributed by atoms with E-state index in [1.54, 1.807) is 0 Å². The van der Waals surface area contributed by atoms with Crippen LogP contribution < -0.4 is 0 Å². The van der Waals surface area contributed by atoms with Gasteiger partial charge in [-0.2, -0.15) is 13.2 Å². The second kappa shape index (κ2) is 8.57. The van der Waals surface area contributed by atoms with Crippen LogP contribution in [0.5, 0.6) is 0 Å². The minimum atomic E-state index is -4.38. The number of rotatable bonds is 5. The first-order valence-electron chi connectivity index (χ1n) is 9.88. The molecule has 0 radical (unpaired) electrons. The summed E-state index contributed by atoms with van der Waals surface area (Å²) >= 11 is 0. The van der Waals surface area contributed by atoms with Crippen molar-refractivity contribution in [2.45, 2.75) is 51.4 Å². The maximum absolute atomic E-state index is 12.9.